The first kappa shape index (κ1) is 12.4. The van der Waals surface area contributed by atoms with Gasteiger partial charge >= 0.3 is 0 Å². The molecular formula is C9H14N4O2S. The number of amides is 1. The highest BCUT2D eigenvalue weighted by atomic mass is 32.1. The molecule has 0 saturated carbocycles. The van der Waals surface area contributed by atoms with Crippen molar-refractivity contribution in [1.82, 2.24) is 10.3 Å². The van der Waals surface area contributed by atoms with Crippen molar-refractivity contribution in [2.75, 3.05) is 6.54 Å². The lowest BCUT2D eigenvalue weighted by atomic mass is 10.3. The molecule has 88 valence electrons. The van der Waals surface area contributed by atoms with Crippen LogP contribution in [0.2, 0.25) is 0 Å². The number of nitrogens with zero attached hydrogens (tertiary/aromatic N) is 2. The third-order valence-electron chi connectivity index (χ3n) is 1.87. The molecule has 1 aromatic heterocycles. The number of nitrogens with two attached hydrogens (primary N) is 1. The summed E-state index contributed by atoms with van der Waals surface area (Å²) >= 11 is 1.35. The topological polar surface area (TPSA) is 101 Å². The quantitative estimate of drug-likeness (QED) is 0.233. The SMILES string of the molecule is Cc1ncc(C(=O)NCCC/C(N)=N/O)s1. The number of rotatable bonds is 5. The highest BCUT2D eigenvalue weighted by Gasteiger charge is 2.07. The van der Waals surface area contributed by atoms with Gasteiger partial charge in [-0.05, 0) is 13.3 Å². The van der Waals surface area contributed by atoms with E-state index in [1.165, 1.54) is 11.3 Å². The Hall–Kier alpha value is -1.63. The van der Waals surface area contributed by atoms with Gasteiger partial charge in [-0.1, -0.05) is 5.16 Å². The number of aromatic nitrogens is 1. The van der Waals surface area contributed by atoms with Gasteiger partial charge in [0.05, 0.1) is 11.2 Å². The minimum atomic E-state index is -0.134. The maximum atomic E-state index is 11.5. The zero-order valence-corrected chi connectivity index (χ0v) is 9.75. The first-order chi connectivity index (χ1) is 7.63. The van der Waals surface area contributed by atoms with E-state index in [0.29, 0.717) is 24.3 Å². The van der Waals surface area contributed by atoms with Crippen LogP contribution in [0, 0.1) is 6.92 Å². The summed E-state index contributed by atoms with van der Waals surface area (Å²) in [5.74, 6) is 0.0352. The average Bonchev–Trinajstić information content (AvgIpc) is 2.70. The fourth-order valence-corrected chi connectivity index (χ4v) is 1.77. The molecule has 0 aliphatic heterocycles. The molecule has 0 aliphatic carbocycles. The first-order valence-electron chi connectivity index (χ1n) is 4.80. The van der Waals surface area contributed by atoms with Crippen molar-refractivity contribution >= 4 is 23.1 Å². The maximum absolute atomic E-state index is 11.5. The Labute approximate surface area is 97.2 Å². The molecule has 1 amide bonds. The molecule has 1 heterocycles. The number of hydrogen-bond donors (Lipinski definition) is 3. The van der Waals surface area contributed by atoms with Crippen molar-refractivity contribution in [1.29, 1.82) is 0 Å². The lowest BCUT2D eigenvalue weighted by Crippen LogP contribution is -2.24. The lowest BCUT2D eigenvalue weighted by Gasteiger charge is -2.02. The summed E-state index contributed by atoms with van der Waals surface area (Å²) in [5.41, 5.74) is 5.28. The van der Waals surface area contributed by atoms with E-state index < -0.39 is 0 Å². The second-order valence-corrected chi connectivity index (χ2v) is 4.43. The van der Waals surface area contributed by atoms with E-state index >= 15 is 0 Å². The number of hydrogen-bond acceptors (Lipinski definition) is 5. The zero-order chi connectivity index (χ0) is 12.0. The van der Waals surface area contributed by atoms with Crippen molar-refractivity contribution in [3.05, 3.63) is 16.1 Å². The van der Waals surface area contributed by atoms with E-state index in [1.807, 2.05) is 6.92 Å². The Kier molecular flexibility index (Phi) is 4.71. The summed E-state index contributed by atoms with van der Waals surface area (Å²) in [5, 5.41) is 14.7. The summed E-state index contributed by atoms with van der Waals surface area (Å²) in [6, 6.07) is 0. The fraction of sp³-hybridized carbons (Fsp3) is 0.444. The third kappa shape index (κ3) is 3.85. The van der Waals surface area contributed by atoms with E-state index in [2.05, 4.69) is 15.5 Å². The number of amidine groups is 1. The molecule has 16 heavy (non-hydrogen) atoms. The van der Waals surface area contributed by atoms with E-state index in [1.54, 1.807) is 6.20 Å². The first-order valence-corrected chi connectivity index (χ1v) is 5.62. The number of oxime groups is 1. The molecule has 1 rings (SSSR count). The van der Waals surface area contributed by atoms with Gasteiger partial charge in [-0.3, -0.25) is 4.79 Å². The van der Waals surface area contributed by atoms with Gasteiger partial charge in [-0.25, -0.2) is 4.98 Å². The van der Waals surface area contributed by atoms with Gasteiger partial charge in [-0.2, -0.15) is 0 Å². The van der Waals surface area contributed by atoms with Gasteiger partial charge in [0.1, 0.15) is 10.7 Å². The second-order valence-electron chi connectivity index (χ2n) is 3.19. The molecule has 0 aromatic carbocycles. The Morgan fingerprint density at radius 1 is 1.75 bits per heavy atom. The number of aryl methyl sites for hydroxylation is 1. The molecule has 0 saturated heterocycles. The Balaban J connectivity index is 2.26. The van der Waals surface area contributed by atoms with E-state index in [9.17, 15) is 4.79 Å². The molecule has 1 aromatic rings. The van der Waals surface area contributed by atoms with Crippen molar-refractivity contribution in [3.63, 3.8) is 0 Å². The third-order valence-corrected chi connectivity index (χ3v) is 2.78. The van der Waals surface area contributed by atoms with Crippen LogP contribution >= 0.6 is 11.3 Å². The van der Waals surface area contributed by atoms with E-state index in [-0.39, 0.29) is 11.7 Å². The van der Waals surface area contributed by atoms with Crippen LogP contribution in [0.3, 0.4) is 0 Å². The fourth-order valence-electron chi connectivity index (χ4n) is 1.07. The van der Waals surface area contributed by atoms with Gasteiger partial charge < -0.3 is 16.3 Å². The van der Waals surface area contributed by atoms with Crippen molar-refractivity contribution in [2.45, 2.75) is 19.8 Å². The number of nitrogens with one attached hydrogen (secondary N) is 1. The Morgan fingerprint density at radius 3 is 3.06 bits per heavy atom. The predicted octanol–water partition coefficient (Wildman–Crippen LogP) is 0.708. The summed E-state index contributed by atoms with van der Waals surface area (Å²) in [4.78, 5) is 16.1. The van der Waals surface area contributed by atoms with Gasteiger partial charge in [0.2, 0.25) is 0 Å². The molecular weight excluding hydrogens is 228 g/mol. The van der Waals surface area contributed by atoms with Crippen molar-refractivity contribution < 1.29 is 10.0 Å². The molecule has 0 spiro atoms. The van der Waals surface area contributed by atoms with Crippen LogP contribution in [0.5, 0.6) is 0 Å². The van der Waals surface area contributed by atoms with Gasteiger partial charge in [-0.15, -0.1) is 11.3 Å². The van der Waals surface area contributed by atoms with Gasteiger partial charge in [0, 0.05) is 13.0 Å². The smallest absolute Gasteiger partial charge is 0.263 e. The second kappa shape index (κ2) is 6.06. The van der Waals surface area contributed by atoms with Crippen LogP contribution in [0.25, 0.3) is 0 Å². The summed E-state index contributed by atoms with van der Waals surface area (Å²) in [6.45, 7) is 2.34. The molecule has 0 bridgehead atoms. The monoisotopic (exact) mass is 242 g/mol. The molecule has 0 fully saturated rings. The molecule has 7 heteroatoms. The zero-order valence-electron chi connectivity index (χ0n) is 8.93. The summed E-state index contributed by atoms with van der Waals surface area (Å²) < 4.78 is 0. The van der Waals surface area contributed by atoms with Gasteiger partial charge in [0.25, 0.3) is 5.91 Å². The predicted molar refractivity (Wildman–Crippen MR) is 61.8 cm³/mol. The molecule has 4 N–H and O–H groups in total. The van der Waals surface area contributed by atoms with Crippen molar-refractivity contribution in [3.8, 4) is 0 Å². The number of carbonyl (C=O) groups is 1. The van der Waals surface area contributed by atoms with E-state index in [4.69, 9.17) is 10.9 Å². The lowest BCUT2D eigenvalue weighted by molar-refractivity contribution is 0.0957. The maximum Gasteiger partial charge on any atom is 0.263 e. The number of carbonyl (C=O) groups excluding carboxylic acids is 1. The Bertz CT molecular complexity index is 389. The summed E-state index contributed by atoms with van der Waals surface area (Å²) in [7, 11) is 0. The largest absolute Gasteiger partial charge is 0.409 e. The summed E-state index contributed by atoms with van der Waals surface area (Å²) in [6.07, 6.45) is 2.65. The van der Waals surface area contributed by atoms with E-state index in [0.717, 1.165) is 5.01 Å². The Morgan fingerprint density at radius 2 is 2.50 bits per heavy atom. The highest BCUT2D eigenvalue weighted by Crippen LogP contribution is 2.10. The molecule has 6 nitrogen and oxygen atoms in total. The minimum Gasteiger partial charge on any atom is -0.409 e. The molecule has 0 atom stereocenters. The minimum absolute atomic E-state index is 0.134. The molecule has 0 radical (unpaired) electrons. The normalized spacial score (nSPS) is 11.4. The van der Waals surface area contributed by atoms with Gasteiger partial charge in [0.15, 0.2) is 0 Å². The molecule has 0 unspecified atom stereocenters. The highest BCUT2D eigenvalue weighted by molar-refractivity contribution is 7.13. The standard InChI is InChI=1S/C9H14N4O2S/c1-6-12-5-7(16-6)9(14)11-4-2-3-8(10)13-15/h5,15H,2-4H2,1H3,(H2,10,13)(H,11,14). The van der Waals surface area contributed by atoms with Crippen LogP contribution in [0.15, 0.2) is 11.4 Å². The van der Waals surface area contributed by atoms with Crippen molar-refractivity contribution in [2.24, 2.45) is 10.9 Å². The van der Waals surface area contributed by atoms with Crippen LogP contribution in [-0.2, 0) is 0 Å². The molecule has 0 aliphatic rings. The van der Waals surface area contributed by atoms with Crippen LogP contribution in [0.1, 0.15) is 27.5 Å². The average molecular weight is 242 g/mol. The van der Waals surface area contributed by atoms with Crippen LogP contribution in [0.4, 0.5) is 0 Å². The van der Waals surface area contributed by atoms with Crippen LogP contribution < -0.4 is 11.1 Å². The number of thiazole rings is 1. The van der Waals surface area contributed by atoms with Crippen LogP contribution in [-0.4, -0.2) is 28.5 Å².